The van der Waals surface area contributed by atoms with Gasteiger partial charge in [0, 0.05) is 11.3 Å². The number of aromatic nitrogens is 2. The predicted octanol–water partition coefficient (Wildman–Crippen LogP) is 19.8. The van der Waals surface area contributed by atoms with Gasteiger partial charge in [0.05, 0.1) is 11.0 Å². The normalized spacial score (nSPS) is 12.8. The Morgan fingerprint density at radius 2 is 0.703 bits per heavy atom. The van der Waals surface area contributed by atoms with Gasteiger partial charge in [0.25, 0.3) is 0 Å². The maximum atomic E-state index is 5.22. The molecular weight excluding hydrogens is 893 g/mol. The molecule has 344 valence electrons. The molecule has 14 aromatic rings. The molecule has 13 aromatic carbocycles. The number of rotatable bonds is 6. The molecule has 2 heteroatoms. The molecule has 1 aliphatic rings. The molecule has 0 N–H and O–H groups in total. The van der Waals surface area contributed by atoms with Crippen molar-refractivity contribution in [3.8, 4) is 55.9 Å². The van der Waals surface area contributed by atoms with Crippen LogP contribution >= 0.6 is 0 Å². The van der Waals surface area contributed by atoms with E-state index in [1.54, 1.807) is 0 Å². The van der Waals surface area contributed by atoms with Gasteiger partial charge in [-0.25, -0.2) is 4.98 Å². The number of fused-ring (bicyclic) bond motifs is 8. The molecule has 74 heavy (non-hydrogen) atoms. The molecule has 0 fully saturated rings. The number of benzene rings is 13. The molecule has 0 atom stereocenters. The summed E-state index contributed by atoms with van der Waals surface area (Å²) < 4.78 is 2.31. The number of hydrogen-bond donors (Lipinski definition) is 0. The van der Waals surface area contributed by atoms with Crippen molar-refractivity contribution < 1.29 is 0 Å². The largest absolute Gasteiger partial charge is 0.293 e. The molecule has 1 aromatic heterocycles. The minimum Gasteiger partial charge on any atom is -0.293 e. The van der Waals surface area contributed by atoms with Crippen molar-refractivity contribution in [3.63, 3.8) is 0 Å². The van der Waals surface area contributed by atoms with E-state index >= 15 is 0 Å². The smallest absolute Gasteiger partial charge is 0.145 e. The Balaban J connectivity index is 0.932. The molecular formula is C72H46N2. The lowest BCUT2D eigenvalue weighted by Crippen LogP contribution is -1.98. The summed E-state index contributed by atoms with van der Waals surface area (Å²) in [6, 6.07) is 87.9. The van der Waals surface area contributed by atoms with Crippen molar-refractivity contribution in [1.29, 1.82) is 0 Å². The van der Waals surface area contributed by atoms with Crippen molar-refractivity contribution in [2.45, 2.75) is 6.42 Å². The van der Waals surface area contributed by atoms with E-state index in [0.717, 1.165) is 34.5 Å². The zero-order valence-corrected chi connectivity index (χ0v) is 40.5. The second-order valence-corrected chi connectivity index (χ2v) is 19.7. The standard InChI is InChI=1S/C72H46N2/c1-2-4-22-57(21-3-1)74-67-30-16-15-29-66(67)73-72(74)56-38-34-50-43-53(37-33-51(50)44-56)68-58-23-9-11-25-60(58)70(61-26-12-10-24-59(61)68)55-39-40-64-65(45-55)71(54-36-32-47-18-6-8-20-49(47)42-54)63-28-14-13-27-62(63)69(64)52-35-31-46-17-5-7-19-48(46)41-52/h1-3,5-45H,4H2. The first-order valence-corrected chi connectivity index (χ1v) is 25.7. The number of para-hydroxylation sites is 2. The fraction of sp³-hybridized carbons (Fsp3) is 0.0139. The fourth-order valence-corrected chi connectivity index (χ4v) is 12.2. The first-order chi connectivity index (χ1) is 36.7. The second kappa shape index (κ2) is 17.0. The predicted molar refractivity (Wildman–Crippen MR) is 317 cm³/mol. The average molecular weight is 939 g/mol. The Hall–Kier alpha value is -9.63. The van der Waals surface area contributed by atoms with Crippen LogP contribution in [0.4, 0.5) is 0 Å². The third kappa shape index (κ3) is 6.76. The van der Waals surface area contributed by atoms with E-state index in [9.17, 15) is 0 Å². The summed E-state index contributed by atoms with van der Waals surface area (Å²) in [4.78, 5) is 5.22. The summed E-state index contributed by atoms with van der Waals surface area (Å²) in [6.07, 6.45) is 11.8. The summed E-state index contributed by atoms with van der Waals surface area (Å²) in [5.41, 5.74) is 14.1. The number of imidazole rings is 1. The zero-order valence-electron chi connectivity index (χ0n) is 40.5. The van der Waals surface area contributed by atoms with Gasteiger partial charge in [-0.3, -0.25) is 4.57 Å². The lowest BCUT2D eigenvalue weighted by Gasteiger charge is -2.21. The Morgan fingerprint density at radius 3 is 1.26 bits per heavy atom. The van der Waals surface area contributed by atoms with Crippen molar-refractivity contribution in [3.05, 3.63) is 267 Å². The van der Waals surface area contributed by atoms with Crippen molar-refractivity contribution >= 4 is 92.1 Å². The average Bonchev–Trinajstić information content (AvgIpc) is 3.68. The van der Waals surface area contributed by atoms with Crippen LogP contribution < -0.4 is 0 Å². The number of hydrogen-bond acceptors (Lipinski definition) is 1. The fourth-order valence-electron chi connectivity index (χ4n) is 12.2. The van der Waals surface area contributed by atoms with Crippen molar-refractivity contribution in [2.75, 3.05) is 0 Å². The number of nitrogens with zero attached hydrogens (tertiary/aromatic N) is 2. The van der Waals surface area contributed by atoms with Crippen LogP contribution in [0.3, 0.4) is 0 Å². The zero-order chi connectivity index (χ0) is 48.7. The minimum absolute atomic E-state index is 0.874. The van der Waals surface area contributed by atoms with Gasteiger partial charge in [-0.1, -0.05) is 218 Å². The SMILES string of the molecule is C1=CCC=C(n2c(-c3ccc4cc(-c5c6ccccc6c(-c6ccc7c(-c8ccc9ccccc9c8)c8ccccc8c(-c8ccc9ccccc9c8)c7c6)c6ccccc56)ccc4c3)nc3ccccc32)C=C1. The maximum Gasteiger partial charge on any atom is 0.145 e. The van der Waals surface area contributed by atoms with E-state index in [-0.39, 0.29) is 0 Å². The Morgan fingerprint density at radius 1 is 0.311 bits per heavy atom. The minimum atomic E-state index is 0.874. The highest BCUT2D eigenvalue weighted by atomic mass is 15.1. The maximum absolute atomic E-state index is 5.22. The van der Waals surface area contributed by atoms with Crippen LogP contribution in [-0.2, 0) is 0 Å². The van der Waals surface area contributed by atoms with Gasteiger partial charge >= 0.3 is 0 Å². The van der Waals surface area contributed by atoms with Gasteiger partial charge in [0.2, 0.25) is 0 Å². The van der Waals surface area contributed by atoms with Crippen molar-refractivity contribution in [1.82, 2.24) is 9.55 Å². The van der Waals surface area contributed by atoms with Gasteiger partial charge in [0.15, 0.2) is 0 Å². The highest BCUT2D eigenvalue weighted by Crippen LogP contribution is 2.49. The number of allylic oxidation sites excluding steroid dienone is 6. The first kappa shape index (κ1) is 42.1. The first-order valence-electron chi connectivity index (χ1n) is 25.7. The van der Waals surface area contributed by atoms with E-state index in [4.69, 9.17) is 4.98 Å². The van der Waals surface area contributed by atoms with Crippen LogP contribution in [-0.4, -0.2) is 9.55 Å². The Bertz CT molecular complexity index is 4700. The van der Waals surface area contributed by atoms with Crippen LogP contribution in [0.15, 0.2) is 267 Å². The molecule has 0 saturated heterocycles. The van der Waals surface area contributed by atoms with Crippen molar-refractivity contribution in [2.24, 2.45) is 0 Å². The molecule has 0 radical (unpaired) electrons. The van der Waals surface area contributed by atoms with Crippen LogP contribution in [0.5, 0.6) is 0 Å². The monoisotopic (exact) mass is 938 g/mol. The molecule has 0 amide bonds. The highest BCUT2D eigenvalue weighted by Gasteiger charge is 2.22. The van der Waals surface area contributed by atoms with Gasteiger partial charge < -0.3 is 0 Å². The summed E-state index contributed by atoms with van der Waals surface area (Å²) >= 11 is 0. The van der Waals surface area contributed by atoms with Gasteiger partial charge in [0.1, 0.15) is 5.82 Å². The quantitative estimate of drug-likeness (QED) is 0.152. The second-order valence-electron chi connectivity index (χ2n) is 19.7. The molecule has 15 rings (SSSR count). The molecule has 2 nitrogen and oxygen atoms in total. The van der Waals surface area contributed by atoms with E-state index in [2.05, 4.69) is 272 Å². The van der Waals surface area contributed by atoms with Crippen LogP contribution in [0.2, 0.25) is 0 Å². The third-order valence-corrected chi connectivity index (χ3v) is 15.5. The Kier molecular flexibility index (Phi) is 9.68. The highest BCUT2D eigenvalue weighted by molar-refractivity contribution is 6.25. The molecule has 0 spiro atoms. The van der Waals surface area contributed by atoms with Gasteiger partial charge in [-0.05, 0) is 175 Å². The molecule has 1 heterocycles. The van der Waals surface area contributed by atoms with Crippen LogP contribution in [0, 0.1) is 0 Å². The summed E-state index contributed by atoms with van der Waals surface area (Å²) in [7, 11) is 0. The lowest BCUT2D eigenvalue weighted by molar-refractivity contribution is 1.14. The Labute approximate surface area is 428 Å². The topological polar surface area (TPSA) is 17.8 Å². The van der Waals surface area contributed by atoms with Crippen LogP contribution in [0.25, 0.3) is 148 Å². The van der Waals surface area contributed by atoms with E-state index < -0.39 is 0 Å². The van der Waals surface area contributed by atoms with E-state index in [0.29, 0.717) is 0 Å². The van der Waals surface area contributed by atoms with Crippen LogP contribution in [0.1, 0.15) is 6.42 Å². The summed E-state index contributed by atoms with van der Waals surface area (Å²) in [6.45, 7) is 0. The van der Waals surface area contributed by atoms with E-state index in [1.807, 2.05) is 0 Å². The summed E-state index contributed by atoms with van der Waals surface area (Å²) in [5.74, 6) is 0.943. The van der Waals surface area contributed by atoms with E-state index in [1.165, 1.54) is 120 Å². The van der Waals surface area contributed by atoms with Gasteiger partial charge in [-0.2, -0.15) is 0 Å². The molecule has 0 bridgehead atoms. The summed E-state index contributed by atoms with van der Waals surface area (Å²) in [5, 5.41) is 17.2. The molecule has 1 aliphatic carbocycles. The molecule has 0 saturated carbocycles. The molecule has 0 aliphatic heterocycles. The molecule has 0 unspecified atom stereocenters. The van der Waals surface area contributed by atoms with Gasteiger partial charge in [-0.15, -0.1) is 0 Å². The lowest BCUT2D eigenvalue weighted by atomic mass is 9.82. The third-order valence-electron chi connectivity index (χ3n) is 15.5.